The SMILES string of the molecule is CC/C=C/[C@H]1CC[C@H](C2CCC(c3cc(F)c(COCC)c(F)c3)CC2)CC1. The average molecular weight is 391 g/mol. The molecule has 2 aliphatic rings. The molecule has 2 saturated carbocycles. The number of benzene rings is 1. The third-order valence-corrected chi connectivity index (χ3v) is 6.98. The summed E-state index contributed by atoms with van der Waals surface area (Å²) in [6.07, 6.45) is 15.8. The molecule has 0 saturated heterocycles. The average Bonchev–Trinajstić information content (AvgIpc) is 2.72. The fourth-order valence-corrected chi connectivity index (χ4v) is 5.26. The summed E-state index contributed by atoms with van der Waals surface area (Å²) in [6.45, 7) is 4.50. The first kappa shape index (κ1) is 21.5. The zero-order valence-electron chi connectivity index (χ0n) is 17.6. The van der Waals surface area contributed by atoms with E-state index in [4.69, 9.17) is 4.74 Å². The predicted molar refractivity (Wildman–Crippen MR) is 111 cm³/mol. The summed E-state index contributed by atoms with van der Waals surface area (Å²) in [5.74, 6) is 1.83. The number of ether oxygens (including phenoxy) is 1. The number of hydrogen-bond acceptors (Lipinski definition) is 1. The lowest BCUT2D eigenvalue weighted by Crippen LogP contribution is -2.25. The van der Waals surface area contributed by atoms with Gasteiger partial charge in [-0.25, -0.2) is 8.78 Å². The minimum absolute atomic E-state index is 0.0112. The van der Waals surface area contributed by atoms with Crippen LogP contribution in [0.4, 0.5) is 8.78 Å². The maximum atomic E-state index is 14.4. The van der Waals surface area contributed by atoms with E-state index in [2.05, 4.69) is 19.1 Å². The van der Waals surface area contributed by atoms with Crippen molar-refractivity contribution < 1.29 is 13.5 Å². The molecule has 0 heterocycles. The molecule has 1 nitrogen and oxygen atoms in total. The molecular formula is C25H36F2O. The van der Waals surface area contributed by atoms with Crippen molar-refractivity contribution in [2.75, 3.05) is 6.61 Å². The van der Waals surface area contributed by atoms with Gasteiger partial charge in [-0.2, -0.15) is 0 Å². The van der Waals surface area contributed by atoms with E-state index < -0.39 is 11.6 Å². The van der Waals surface area contributed by atoms with Crippen molar-refractivity contribution in [3.05, 3.63) is 47.0 Å². The van der Waals surface area contributed by atoms with Crippen LogP contribution in [-0.4, -0.2) is 6.61 Å². The summed E-state index contributed by atoms with van der Waals surface area (Å²) >= 11 is 0. The first-order valence-electron chi connectivity index (χ1n) is 11.3. The molecule has 1 aromatic carbocycles. The van der Waals surface area contributed by atoms with Gasteiger partial charge in [0.1, 0.15) is 11.6 Å². The molecule has 28 heavy (non-hydrogen) atoms. The fourth-order valence-electron chi connectivity index (χ4n) is 5.26. The molecule has 0 radical (unpaired) electrons. The molecule has 3 heteroatoms. The Balaban J connectivity index is 1.52. The molecule has 1 aromatic rings. The van der Waals surface area contributed by atoms with Gasteiger partial charge in [-0.05, 0) is 106 Å². The van der Waals surface area contributed by atoms with Crippen LogP contribution < -0.4 is 0 Å². The molecule has 0 bridgehead atoms. The van der Waals surface area contributed by atoms with Gasteiger partial charge in [0, 0.05) is 12.2 Å². The number of rotatable bonds is 7. The summed E-state index contributed by atoms with van der Waals surface area (Å²) in [6, 6.07) is 3.10. The van der Waals surface area contributed by atoms with E-state index in [0.29, 0.717) is 12.5 Å². The van der Waals surface area contributed by atoms with Gasteiger partial charge in [-0.1, -0.05) is 19.1 Å². The lowest BCUT2D eigenvalue weighted by Gasteiger charge is -2.37. The van der Waals surface area contributed by atoms with Crippen LogP contribution in [0.3, 0.4) is 0 Å². The minimum atomic E-state index is -0.455. The zero-order valence-corrected chi connectivity index (χ0v) is 17.6. The lowest BCUT2D eigenvalue weighted by atomic mass is 9.68. The second-order valence-electron chi connectivity index (χ2n) is 8.72. The van der Waals surface area contributed by atoms with E-state index in [-0.39, 0.29) is 12.2 Å². The number of halogens is 2. The van der Waals surface area contributed by atoms with Crippen LogP contribution in [0.1, 0.15) is 88.7 Å². The van der Waals surface area contributed by atoms with Crippen LogP contribution in [0.5, 0.6) is 0 Å². The Hall–Kier alpha value is -1.22. The Labute approximate surface area is 169 Å². The molecule has 2 fully saturated rings. The van der Waals surface area contributed by atoms with Crippen molar-refractivity contribution in [1.29, 1.82) is 0 Å². The highest BCUT2D eigenvalue weighted by molar-refractivity contribution is 5.28. The van der Waals surface area contributed by atoms with E-state index in [1.54, 1.807) is 12.1 Å². The standard InChI is InChI=1S/C25H36F2O/c1-3-5-6-18-7-9-19(10-8-18)20-11-13-21(14-12-20)22-15-24(26)23(17-28-4-2)25(27)16-22/h5-6,15-16,18-21H,3-4,7-14,17H2,1-2H3/b6-5+/t18-,19-,20?,21?. The lowest BCUT2D eigenvalue weighted by molar-refractivity contribution is 0.128. The van der Waals surface area contributed by atoms with Gasteiger partial charge < -0.3 is 4.74 Å². The molecule has 0 spiro atoms. The van der Waals surface area contributed by atoms with Crippen molar-refractivity contribution in [3.8, 4) is 0 Å². The highest BCUT2D eigenvalue weighted by Crippen LogP contribution is 2.44. The molecule has 0 atom stereocenters. The van der Waals surface area contributed by atoms with Crippen LogP contribution in [0.15, 0.2) is 24.3 Å². The minimum Gasteiger partial charge on any atom is -0.377 e. The highest BCUT2D eigenvalue weighted by atomic mass is 19.1. The zero-order chi connectivity index (χ0) is 19.9. The van der Waals surface area contributed by atoms with Crippen LogP contribution in [0.2, 0.25) is 0 Å². The van der Waals surface area contributed by atoms with Gasteiger partial charge in [-0.3, -0.25) is 0 Å². The third-order valence-electron chi connectivity index (χ3n) is 6.98. The molecule has 156 valence electrons. The number of hydrogen-bond donors (Lipinski definition) is 0. The quantitative estimate of drug-likeness (QED) is 0.437. The summed E-state index contributed by atoms with van der Waals surface area (Å²) in [5, 5.41) is 0. The monoisotopic (exact) mass is 390 g/mol. The maximum Gasteiger partial charge on any atom is 0.131 e. The molecule has 0 aromatic heterocycles. The van der Waals surface area contributed by atoms with Crippen molar-refractivity contribution in [1.82, 2.24) is 0 Å². The van der Waals surface area contributed by atoms with Gasteiger partial charge in [0.15, 0.2) is 0 Å². The molecular weight excluding hydrogens is 354 g/mol. The maximum absolute atomic E-state index is 14.4. The van der Waals surface area contributed by atoms with Crippen molar-refractivity contribution >= 4 is 0 Å². The Morgan fingerprint density at radius 2 is 1.46 bits per heavy atom. The summed E-state index contributed by atoms with van der Waals surface area (Å²) < 4.78 is 33.9. The van der Waals surface area contributed by atoms with E-state index in [9.17, 15) is 8.78 Å². The first-order chi connectivity index (χ1) is 13.6. The van der Waals surface area contributed by atoms with Crippen LogP contribution in [0, 0.1) is 29.4 Å². The molecule has 0 aliphatic heterocycles. The van der Waals surface area contributed by atoms with Crippen molar-refractivity contribution in [3.63, 3.8) is 0 Å². The van der Waals surface area contributed by atoms with Gasteiger partial charge >= 0.3 is 0 Å². The molecule has 3 rings (SSSR count). The second-order valence-corrected chi connectivity index (χ2v) is 8.72. The summed E-state index contributed by atoms with van der Waals surface area (Å²) in [5.41, 5.74) is 0.898. The number of allylic oxidation sites excluding steroid dienone is 2. The van der Waals surface area contributed by atoms with Gasteiger partial charge in [0.2, 0.25) is 0 Å². The topological polar surface area (TPSA) is 9.23 Å². The normalized spacial score (nSPS) is 28.7. The summed E-state index contributed by atoms with van der Waals surface area (Å²) in [4.78, 5) is 0. The van der Waals surface area contributed by atoms with Gasteiger partial charge in [0.25, 0.3) is 0 Å². The highest BCUT2D eigenvalue weighted by Gasteiger charge is 2.31. The van der Waals surface area contributed by atoms with Gasteiger partial charge in [-0.15, -0.1) is 0 Å². The predicted octanol–water partition coefficient (Wildman–Crippen LogP) is 7.55. The molecule has 0 amide bonds. The second kappa shape index (κ2) is 10.5. The van der Waals surface area contributed by atoms with E-state index in [1.165, 1.54) is 38.5 Å². The Morgan fingerprint density at radius 1 is 0.893 bits per heavy atom. The third kappa shape index (κ3) is 5.43. The molecule has 2 aliphatic carbocycles. The Bertz CT molecular complexity index is 615. The molecule has 0 N–H and O–H groups in total. The van der Waals surface area contributed by atoms with Crippen LogP contribution >= 0.6 is 0 Å². The molecule has 0 unspecified atom stereocenters. The smallest absolute Gasteiger partial charge is 0.131 e. The largest absolute Gasteiger partial charge is 0.377 e. The summed E-state index contributed by atoms with van der Waals surface area (Å²) in [7, 11) is 0. The van der Waals surface area contributed by atoms with Crippen molar-refractivity contribution in [2.24, 2.45) is 17.8 Å². The Morgan fingerprint density at radius 3 is 2.00 bits per heavy atom. The van der Waals surface area contributed by atoms with E-state index in [1.807, 2.05) is 6.92 Å². The van der Waals surface area contributed by atoms with E-state index in [0.717, 1.165) is 42.6 Å². The van der Waals surface area contributed by atoms with Crippen LogP contribution in [-0.2, 0) is 11.3 Å². The van der Waals surface area contributed by atoms with E-state index >= 15 is 0 Å². The van der Waals surface area contributed by atoms with Crippen LogP contribution in [0.25, 0.3) is 0 Å². The van der Waals surface area contributed by atoms with Crippen molar-refractivity contribution in [2.45, 2.75) is 84.2 Å². The van der Waals surface area contributed by atoms with Gasteiger partial charge in [0.05, 0.1) is 6.61 Å². The Kier molecular flexibility index (Phi) is 8.08. The first-order valence-corrected chi connectivity index (χ1v) is 11.3. The fraction of sp³-hybridized carbons (Fsp3) is 0.680.